The van der Waals surface area contributed by atoms with Crippen molar-refractivity contribution in [3.63, 3.8) is 0 Å². The molecule has 0 unspecified atom stereocenters. The first-order chi connectivity index (χ1) is 5.86. The zero-order valence-electron chi connectivity index (χ0n) is 8.12. The fraction of sp³-hybridized carbons (Fsp3) is 0.571. The van der Waals surface area contributed by atoms with Gasteiger partial charge in [-0.2, -0.15) is 0 Å². The molecule has 0 aromatic heterocycles. The predicted molar refractivity (Wildman–Crippen MR) is 45.3 cm³/mol. The average molecular weight is 187 g/mol. The first kappa shape index (κ1) is 11.4. The van der Waals surface area contributed by atoms with E-state index in [0.29, 0.717) is 0 Å². The number of hydrogen-bond acceptors (Lipinski definition) is 3. The Hall–Kier alpha value is -1.59. The molecule has 13 heavy (non-hydrogen) atoms. The van der Waals surface area contributed by atoms with Crippen molar-refractivity contribution >= 4 is 17.7 Å². The highest BCUT2D eigenvalue weighted by molar-refractivity contribution is 6.34. The van der Waals surface area contributed by atoms with Gasteiger partial charge < -0.3 is 4.90 Å². The summed E-state index contributed by atoms with van der Waals surface area (Å²) in [5, 5.41) is 0.948. The molecule has 0 rings (SSSR count). The van der Waals surface area contributed by atoms with E-state index in [1.807, 2.05) is 0 Å². The molecule has 0 bridgehead atoms. The van der Waals surface area contributed by atoms with Gasteiger partial charge in [0.25, 0.3) is 0 Å². The molecular weight excluding hydrogens is 174 g/mol. The van der Waals surface area contributed by atoms with Crippen molar-refractivity contribution in [2.75, 3.05) is 21.1 Å². The zero-order valence-corrected chi connectivity index (χ0v) is 8.12. The van der Waals surface area contributed by atoms with E-state index in [0.717, 1.165) is 9.91 Å². The zero-order chi connectivity index (χ0) is 10.6. The molecule has 0 atom stereocenters. The maximum absolute atomic E-state index is 11.0. The third kappa shape index (κ3) is 3.55. The van der Waals surface area contributed by atoms with E-state index < -0.39 is 11.8 Å². The maximum Gasteiger partial charge on any atom is 0.328 e. The molecule has 0 fully saturated rings. The van der Waals surface area contributed by atoms with Gasteiger partial charge in [-0.3, -0.25) is 24.8 Å². The van der Waals surface area contributed by atoms with Crippen LogP contribution in [0.15, 0.2) is 0 Å². The van der Waals surface area contributed by atoms with Crippen LogP contribution in [0.5, 0.6) is 0 Å². The molecule has 0 aliphatic heterocycles. The third-order valence-corrected chi connectivity index (χ3v) is 1.34. The number of hydrazine groups is 1. The molecular formula is C7H13N3O3. The smallest absolute Gasteiger partial charge is 0.328 e. The van der Waals surface area contributed by atoms with Gasteiger partial charge >= 0.3 is 11.8 Å². The van der Waals surface area contributed by atoms with Crippen molar-refractivity contribution in [1.29, 1.82) is 0 Å². The fourth-order valence-corrected chi connectivity index (χ4v) is 0.482. The third-order valence-electron chi connectivity index (χ3n) is 1.34. The van der Waals surface area contributed by atoms with Crippen LogP contribution >= 0.6 is 0 Å². The minimum atomic E-state index is -0.831. The lowest BCUT2D eigenvalue weighted by Crippen LogP contribution is -2.48. The van der Waals surface area contributed by atoms with Crippen LogP contribution in [0.4, 0.5) is 0 Å². The summed E-state index contributed by atoms with van der Waals surface area (Å²) in [6.45, 7) is 1.28. The Morgan fingerprint density at radius 3 is 1.85 bits per heavy atom. The predicted octanol–water partition coefficient (Wildman–Crippen LogP) is -1.42. The van der Waals surface area contributed by atoms with Crippen LogP contribution in [0.3, 0.4) is 0 Å². The standard InChI is InChI=1S/C7H13N3O3/c1-5(11)10(4)8-6(12)7(13)9(2)3/h1-4H3,(H,8,12). The van der Waals surface area contributed by atoms with Crippen molar-refractivity contribution in [3.05, 3.63) is 0 Å². The molecule has 0 aromatic carbocycles. The van der Waals surface area contributed by atoms with Crippen LogP contribution in [0.25, 0.3) is 0 Å². The lowest BCUT2D eigenvalue weighted by atomic mass is 10.5. The van der Waals surface area contributed by atoms with Crippen molar-refractivity contribution in [1.82, 2.24) is 15.3 Å². The van der Waals surface area contributed by atoms with Crippen molar-refractivity contribution in [2.45, 2.75) is 6.92 Å². The Bertz CT molecular complexity index is 237. The minimum absolute atomic E-state index is 0.347. The Balaban J connectivity index is 4.16. The number of likely N-dealkylation sites (N-methyl/N-ethyl adjacent to an activating group) is 1. The maximum atomic E-state index is 11.0. The van der Waals surface area contributed by atoms with E-state index in [1.165, 1.54) is 28.1 Å². The van der Waals surface area contributed by atoms with Gasteiger partial charge in [0.15, 0.2) is 0 Å². The molecule has 0 aliphatic carbocycles. The number of hydrogen-bond donors (Lipinski definition) is 1. The number of rotatable bonds is 0. The van der Waals surface area contributed by atoms with E-state index in [2.05, 4.69) is 5.43 Å². The minimum Gasteiger partial charge on any atom is -0.341 e. The highest BCUT2D eigenvalue weighted by atomic mass is 16.2. The molecule has 0 heterocycles. The average Bonchev–Trinajstić information content (AvgIpc) is 2.02. The summed E-state index contributed by atoms with van der Waals surface area (Å²) >= 11 is 0. The van der Waals surface area contributed by atoms with Crippen molar-refractivity contribution < 1.29 is 14.4 Å². The molecule has 6 heteroatoms. The van der Waals surface area contributed by atoms with Crippen LogP contribution in [-0.4, -0.2) is 48.8 Å². The number of nitrogens with zero attached hydrogens (tertiary/aromatic N) is 2. The normalized spacial score (nSPS) is 8.92. The molecule has 0 radical (unpaired) electrons. The van der Waals surface area contributed by atoms with Crippen molar-refractivity contribution in [2.24, 2.45) is 0 Å². The Labute approximate surface area is 76.5 Å². The summed E-state index contributed by atoms with van der Waals surface area (Å²) in [7, 11) is 4.27. The summed E-state index contributed by atoms with van der Waals surface area (Å²) in [6, 6.07) is 0. The number of amides is 3. The van der Waals surface area contributed by atoms with Crippen LogP contribution in [0, 0.1) is 0 Å². The Morgan fingerprint density at radius 2 is 1.54 bits per heavy atom. The molecule has 6 nitrogen and oxygen atoms in total. The molecule has 0 spiro atoms. The van der Waals surface area contributed by atoms with Gasteiger partial charge in [-0.25, -0.2) is 0 Å². The van der Waals surface area contributed by atoms with Gasteiger partial charge in [0.2, 0.25) is 5.91 Å². The fourth-order valence-electron chi connectivity index (χ4n) is 0.482. The first-order valence-corrected chi connectivity index (χ1v) is 3.62. The van der Waals surface area contributed by atoms with Gasteiger partial charge in [0, 0.05) is 28.1 Å². The molecule has 0 aliphatic rings. The van der Waals surface area contributed by atoms with E-state index in [4.69, 9.17) is 0 Å². The number of nitrogens with one attached hydrogen (secondary N) is 1. The summed E-state index contributed by atoms with van der Waals surface area (Å²) in [6.07, 6.45) is 0. The highest BCUT2D eigenvalue weighted by Gasteiger charge is 2.17. The van der Waals surface area contributed by atoms with Gasteiger partial charge in [-0.1, -0.05) is 0 Å². The molecule has 3 amide bonds. The second-order valence-electron chi connectivity index (χ2n) is 2.72. The molecule has 1 N–H and O–H groups in total. The van der Waals surface area contributed by atoms with Crippen molar-refractivity contribution in [3.8, 4) is 0 Å². The lowest BCUT2D eigenvalue weighted by molar-refractivity contribution is -0.149. The van der Waals surface area contributed by atoms with E-state index in [-0.39, 0.29) is 5.91 Å². The van der Waals surface area contributed by atoms with Gasteiger partial charge in [-0.15, -0.1) is 0 Å². The van der Waals surface area contributed by atoms with Gasteiger partial charge in [-0.05, 0) is 0 Å². The molecule has 0 saturated carbocycles. The summed E-state index contributed by atoms with van der Waals surface area (Å²) in [5.41, 5.74) is 2.11. The second-order valence-corrected chi connectivity index (χ2v) is 2.72. The first-order valence-electron chi connectivity index (χ1n) is 3.62. The lowest BCUT2D eigenvalue weighted by Gasteiger charge is -2.17. The van der Waals surface area contributed by atoms with Crippen LogP contribution < -0.4 is 5.43 Å². The topological polar surface area (TPSA) is 69.7 Å². The molecule has 0 saturated heterocycles. The SMILES string of the molecule is CC(=O)N(C)NC(=O)C(=O)N(C)C. The summed E-state index contributed by atoms with van der Waals surface area (Å²) < 4.78 is 0. The quantitative estimate of drug-likeness (QED) is 0.374. The number of carbonyl (C=O) groups is 3. The van der Waals surface area contributed by atoms with Crippen LogP contribution in [-0.2, 0) is 14.4 Å². The molecule has 0 aromatic rings. The largest absolute Gasteiger partial charge is 0.341 e. The summed E-state index contributed by atoms with van der Waals surface area (Å²) in [4.78, 5) is 33.8. The summed E-state index contributed by atoms with van der Waals surface area (Å²) in [5.74, 6) is -1.88. The Kier molecular flexibility index (Phi) is 3.90. The van der Waals surface area contributed by atoms with Gasteiger partial charge in [0.1, 0.15) is 0 Å². The second kappa shape index (κ2) is 4.44. The van der Waals surface area contributed by atoms with Crippen LogP contribution in [0.2, 0.25) is 0 Å². The van der Waals surface area contributed by atoms with Crippen LogP contribution in [0.1, 0.15) is 6.92 Å². The van der Waals surface area contributed by atoms with E-state index >= 15 is 0 Å². The van der Waals surface area contributed by atoms with Gasteiger partial charge in [0.05, 0.1) is 0 Å². The van der Waals surface area contributed by atoms with E-state index in [9.17, 15) is 14.4 Å². The highest BCUT2D eigenvalue weighted by Crippen LogP contribution is 1.82. The van der Waals surface area contributed by atoms with E-state index in [1.54, 1.807) is 0 Å². The monoisotopic (exact) mass is 187 g/mol. The number of carbonyl (C=O) groups excluding carboxylic acids is 3. The Morgan fingerprint density at radius 1 is 1.08 bits per heavy atom. The molecule has 74 valence electrons.